The number of alkyl halides is 9. The van der Waals surface area contributed by atoms with E-state index in [4.69, 9.17) is 5.11 Å². The number of aryl methyl sites for hydroxylation is 1. The molecule has 45 heavy (non-hydrogen) atoms. The molecule has 3 rings (SSSR count). The molecule has 17 heteroatoms. The number of hydrogen-bond acceptors (Lipinski definition) is 4. The van der Waals surface area contributed by atoms with Gasteiger partial charge in [-0.1, -0.05) is 6.07 Å². The van der Waals surface area contributed by atoms with E-state index in [-0.39, 0.29) is 29.8 Å². The lowest BCUT2D eigenvalue weighted by Crippen LogP contribution is -2.50. The average Bonchev–Trinajstić information content (AvgIpc) is 2.93. The fourth-order valence-corrected chi connectivity index (χ4v) is 4.21. The monoisotopic (exact) mass is 654 g/mol. The first kappa shape index (κ1) is 34.7. The van der Waals surface area contributed by atoms with Gasteiger partial charge in [0, 0.05) is 17.7 Å². The van der Waals surface area contributed by atoms with Crippen molar-refractivity contribution in [3.63, 3.8) is 0 Å². The van der Waals surface area contributed by atoms with Crippen LogP contribution in [0.5, 0.6) is 5.75 Å². The second-order valence-corrected chi connectivity index (χ2v) is 9.22. The minimum atomic E-state index is -6.59. The van der Waals surface area contributed by atoms with Crippen LogP contribution in [0.1, 0.15) is 49.1 Å². The Balaban J connectivity index is 2.05. The summed E-state index contributed by atoms with van der Waals surface area (Å²) >= 11 is 0. The number of carbonyl (C=O) groups excluding carboxylic acids is 2. The highest BCUT2D eigenvalue weighted by Crippen LogP contribution is 2.54. The van der Waals surface area contributed by atoms with E-state index in [9.17, 15) is 53.9 Å². The van der Waals surface area contributed by atoms with Crippen molar-refractivity contribution in [3.05, 3.63) is 88.2 Å². The summed E-state index contributed by atoms with van der Waals surface area (Å²) in [6.07, 6.45) is -13.2. The highest BCUT2D eigenvalue weighted by atomic mass is 19.4. The SMILES string of the molecule is CCN(C(=O)c1ccc(C(=O)O)cc1)c1cccc(C(=O)Nc2c(C)cc(C(F)(C(F)(F)F)C(F)(F)F)cc2OC(F)F)c1F. The van der Waals surface area contributed by atoms with Crippen LogP contribution in [0.15, 0.2) is 54.6 Å². The van der Waals surface area contributed by atoms with Gasteiger partial charge in [-0.05, 0) is 67.9 Å². The smallest absolute Gasteiger partial charge is 0.435 e. The Labute approximate surface area is 247 Å². The number of hydrogen-bond donors (Lipinski definition) is 2. The maximum Gasteiger partial charge on any atom is 0.435 e. The molecule has 0 radical (unpaired) electrons. The first-order chi connectivity index (χ1) is 20.7. The van der Waals surface area contributed by atoms with E-state index in [1.807, 2.05) is 5.32 Å². The first-order valence-corrected chi connectivity index (χ1v) is 12.4. The predicted molar refractivity (Wildman–Crippen MR) is 138 cm³/mol. The van der Waals surface area contributed by atoms with Crippen LogP contribution in [0.4, 0.5) is 55.3 Å². The number of ether oxygens (including phenoxy) is 1. The quantitative estimate of drug-likeness (QED) is 0.231. The highest BCUT2D eigenvalue weighted by molar-refractivity contribution is 6.09. The van der Waals surface area contributed by atoms with Crippen molar-refractivity contribution in [2.24, 2.45) is 0 Å². The van der Waals surface area contributed by atoms with Gasteiger partial charge in [-0.2, -0.15) is 35.1 Å². The van der Waals surface area contributed by atoms with E-state index in [1.165, 1.54) is 6.92 Å². The Bertz CT molecular complexity index is 1590. The molecule has 0 bridgehead atoms. The second-order valence-electron chi connectivity index (χ2n) is 9.22. The molecule has 0 spiro atoms. The molecule has 242 valence electrons. The summed E-state index contributed by atoms with van der Waals surface area (Å²) in [5.74, 6) is -6.40. The molecule has 0 atom stereocenters. The molecule has 0 saturated heterocycles. The molecule has 0 aliphatic carbocycles. The van der Waals surface area contributed by atoms with Crippen molar-refractivity contribution in [2.75, 3.05) is 16.8 Å². The molecule has 0 saturated carbocycles. The van der Waals surface area contributed by atoms with Gasteiger partial charge in [-0.3, -0.25) is 9.59 Å². The van der Waals surface area contributed by atoms with Crippen molar-refractivity contribution < 1.29 is 68.1 Å². The summed E-state index contributed by atoms with van der Waals surface area (Å²) in [7, 11) is 0. The van der Waals surface area contributed by atoms with Gasteiger partial charge in [0.15, 0.2) is 5.82 Å². The minimum Gasteiger partial charge on any atom is -0.478 e. The van der Waals surface area contributed by atoms with Crippen LogP contribution >= 0.6 is 0 Å². The molecule has 7 nitrogen and oxygen atoms in total. The number of rotatable bonds is 9. The van der Waals surface area contributed by atoms with Crippen molar-refractivity contribution in [2.45, 2.75) is 38.5 Å². The van der Waals surface area contributed by atoms with Gasteiger partial charge in [-0.25, -0.2) is 13.6 Å². The third-order valence-electron chi connectivity index (χ3n) is 6.39. The van der Waals surface area contributed by atoms with Crippen molar-refractivity contribution in [1.82, 2.24) is 0 Å². The molecule has 0 aliphatic rings. The van der Waals surface area contributed by atoms with E-state index < -0.39 is 82.0 Å². The Hall–Kier alpha value is -4.83. The van der Waals surface area contributed by atoms with E-state index in [0.29, 0.717) is 0 Å². The molecule has 0 aliphatic heterocycles. The van der Waals surface area contributed by atoms with E-state index in [2.05, 4.69) is 4.74 Å². The van der Waals surface area contributed by atoms with Gasteiger partial charge < -0.3 is 20.1 Å². The molecular formula is C28H20F10N2O5. The third-order valence-corrected chi connectivity index (χ3v) is 6.39. The molecule has 0 fully saturated rings. The third kappa shape index (κ3) is 6.81. The molecule has 3 aromatic rings. The van der Waals surface area contributed by atoms with E-state index in [1.54, 1.807) is 0 Å². The van der Waals surface area contributed by atoms with Crippen LogP contribution in [-0.2, 0) is 5.67 Å². The molecule has 2 N–H and O–H groups in total. The largest absolute Gasteiger partial charge is 0.478 e. The van der Waals surface area contributed by atoms with Gasteiger partial charge in [0.05, 0.1) is 22.5 Å². The second kappa shape index (κ2) is 12.6. The number of amides is 2. The Morgan fingerprint density at radius 3 is 1.96 bits per heavy atom. The topological polar surface area (TPSA) is 95.9 Å². The van der Waals surface area contributed by atoms with Crippen molar-refractivity contribution >= 4 is 29.2 Å². The number of carboxylic acid groups (broad SMARTS) is 1. The van der Waals surface area contributed by atoms with Crippen molar-refractivity contribution in [1.29, 1.82) is 0 Å². The average molecular weight is 654 g/mol. The lowest BCUT2D eigenvalue weighted by Gasteiger charge is -2.31. The summed E-state index contributed by atoms with van der Waals surface area (Å²) in [6.45, 7) is -1.86. The number of carboxylic acids is 1. The van der Waals surface area contributed by atoms with Crippen LogP contribution in [0.25, 0.3) is 0 Å². The standard InChI is InChI=1S/C28H20F10N2O5/c1-3-40(23(42)14-7-9-15(10-8-14)24(43)44)18-6-4-5-17(20(18)29)22(41)39-21-13(2)11-16(12-19(21)45-25(30)31)26(32,27(33,34)35)28(36,37)38/h4-12,25H,3H2,1-2H3,(H,39,41)(H,43,44). The fraction of sp³-hybridized carbons (Fsp3) is 0.250. The molecule has 0 aromatic heterocycles. The van der Waals surface area contributed by atoms with Gasteiger partial charge in [0.2, 0.25) is 0 Å². The summed E-state index contributed by atoms with van der Waals surface area (Å²) in [5.41, 5.74) is -11.5. The van der Waals surface area contributed by atoms with E-state index >= 15 is 4.39 Å². The maximum absolute atomic E-state index is 15.6. The Morgan fingerprint density at radius 2 is 1.47 bits per heavy atom. The fourth-order valence-electron chi connectivity index (χ4n) is 4.21. The zero-order chi connectivity index (χ0) is 34.1. The molecule has 0 unspecified atom stereocenters. The Morgan fingerprint density at radius 1 is 0.911 bits per heavy atom. The number of halogens is 10. The number of anilines is 2. The number of benzene rings is 3. The first-order valence-electron chi connectivity index (χ1n) is 12.4. The van der Waals surface area contributed by atoms with Crippen LogP contribution in [0.3, 0.4) is 0 Å². The van der Waals surface area contributed by atoms with Crippen LogP contribution in [-0.4, -0.2) is 48.4 Å². The van der Waals surface area contributed by atoms with Gasteiger partial charge in [-0.15, -0.1) is 0 Å². The summed E-state index contributed by atoms with van der Waals surface area (Å²) in [6, 6.07) is 7.30. The predicted octanol–water partition coefficient (Wildman–Crippen LogP) is 7.64. The molecule has 3 aromatic carbocycles. The highest BCUT2D eigenvalue weighted by Gasteiger charge is 2.73. The van der Waals surface area contributed by atoms with Crippen LogP contribution in [0, 0.1) is 12.7 Å². The molecule has 0 heterocycles. The van der Waals surface area contributed by atoms with Gasteiger partial charge in [0.1, 0.15) is 5.75 Å². The lowest BCUT2D eigenvalue weighted by molar-refractivity contribution is -0.348. The normalized spacial score (nSPS) is 12.2. The number of aromatic carboxylic acids is 1. The Kier molecular flexibility index (Phi) is 9.74. The van der Waals surface area contributed by atoms with Crippen LogP contribution < -0.4 is 15.0 Å². The minimum absolute atomic E-state index is 0.00875. The summed E-state index contributed by atoms with van der Waals surface area (Å²) in [5, 5.41) is 10.9. The summed E-state index contributed by atoms with van der Waals surface area (Å²) in [4.78, 5) is 38.0. The maximum atomic E-state index is 15.6. The number of carbonyl (C=O) groups is 3. The number of nitrogens with one attached hydrogen (secondary N) is 1. The molecule has 2 amide bonds. The summed E-state index contributed by atoms with van der Waals surface area (Å²) < 4.78 is 140. The lowest BCUT2D eigenvalue weighted by atomic mass is 9.92. The molecular weight excluding hydrogens is 634 g/mol. The van der Waals surface area contributed by atoms with E-state index in [0.717, 1.165) is 54.3 Å². The van der Waals surface area contributed by atoms with Crippen LogP contribution in [0.2, 0.25) is 0 Å². The zero-order valence-electron chi connectivity index (χ0n) is 22.8. The van der Waals surface area contributed by atoms with Crippen molar-refractivity contribution in [3.8, 4) is 5.75 Å². The van der Waals surface area contributed by atoms with Gasteiger partial charge in [0.25, 0.3) is 11.8 Å². The van der Waals surface area contributed by atoms with Gasteiger partial charge >= 0.3 is 30.6 Å². The zero-order valence-corrected chi connectivity index (χ0v) is 22.8. The number of nitrogens with zero attached hydrogens (tertiary/aromatic N) is 1.